The number of rotatable bonds is 16. The maximum Gasteiger partial charge on any atom is 0.323 e. The first-order valence-corrected chi connectivity index (χ1v) is 49.2. The van der Waals surface area contributed by atoms with Crippen LogP contribution in [0.4, 0.5) is 35.1 Å². The van der Waals surface area contributed by atoms with E-state index in [1.54, 1.807) is 11.9 Å². The van der Waals surface area contributed by atoms with E-state index >= 15 is 0 Å². The Morgan fingerprint density at radius 2 is 0.534 bits per heavy atom. The molecule has 38 heteroatoms. The molecule has 758 valence electrons. The van der Waals surface area contributed by atoms with Gasteiger partial charge in [0.15, 0.2) is 0 Å². The molecule has 0 radical (unpaired) electrons. The van der Waals surface area contributed by atoms with Gasteiger partial charge in [0.2, 0.25) is 5.91 Å². The molecule has 16 aliphatic heterocycles. The molecule has 0 aromatic heterocycles. The van der Waals surface area contributed by atoms with Crippen molar-refractivity contribution in [1.29, 1.82) is 0 Å². The fourth-order valence-electron chi connectivity index (χ4n) is 23.1. The molecule has 0 aromatic rings. The fourth-order valence-corrected chi connectivity index (χ4v) is 23.1. The molecule has 12 atom stereocenters. The highest BCUT2D eigenvalue weighted by Gasteiger charge is 2.54. The van der Waals surface area contributed by atoms with Gasteiger partial charge in [-0.1, -0.05) is 0 Å². The lowest BCUT2D eigenvalue weighted by molar-refractivity contribution is -0.147. The minimum Gasteiger partial charge on any atom is -0.480 e. The average molecular weight is 1880 g/mol. The molecule has 131 heavy (non-hydrogen) atoms. The summed E-state index contributed by atoms with van der Waals surface area (Å²) in [5, 5.41) is 30.2. The molecule has 30 nitrogen and oxygen atoms in total. The zero-order chi connectivity index (χ0) is 95.6. The fraction of sp³-hybridized carbons (Fsp3) is 0.935. The molecule has 0 aliphatic carbocycles. The van der Waals surface area contributed by atoms with Gasteiger partial charge in [0, 0.05) is 119 Å². The number of hydrogen-bond acceptors (Lipinski definition) is 28. The molecular weight excluding hydrogens is 1720 g/mol. The number of carbonyl (C=O) groups excluding carboxylic acids is 5. The summed E-state index contributed by atoms with van der Waals surface area (Å²) in [7, 11) is 24.0. The van der Waals surface area contributed by atoms with Crippen LogP contribution < -0.4 is 5.32 Å². The van der Waals surface area contributed by atoms with E-state index in [0.717, 1.165) is 201 Å². The number of aliphatic hydroxyl groups is 2. The van der Waals surface area contributed by atoms with Crippen LogP contribution in [-0.2, 0) is 47.7 Å². The van der Waals surface area contributed by atoms with E-state index in [-0.39, 0.29) is 91.9 Å². The van der Waals surface area contributed by atoms with Gasteiger partial charge in [0.05, 0.1) is 60.8 Å². The second-order valence-electron chi connectivity index (χ2n) is 40.4. The summed E-state index contributed by atoms with van der Waals surface area (Å²) >= 11 is 0. The summed E-state index contributed by atoms with van der Waals surface area (Å²) in [6, 6.07) is 0.649. The van der Waals surface area contributed by atoms with Crippen molar-refractivity contribution in [2.45, 2.75) is 300 Å². The standard InChI is InChI=1S/C12H20F2N2O2.2C12H21FN2O2.C12H23N3O.C12H22N2O2.C11H18F2N2O2.2C11H21FN2O/c1-15-5-3-9(4-6-15)16-8-12(13,14)7-10(16)11(17)18-2;2*1-14-5-3-10(4-6-14)15-8-9(13)7-11(15)12(16)17-2;1-13-12(16)11-4-3-7-15(11)10-5-8-14(2)9-6-10;1-13-8-5-10(6-9-13)14-7-3-4-11(14)12(15)16-2;1-14-4-2-8(3-5-14)15-7-11(12,13)6-9(15)10(16)17;2*1-13-4-2-10(3-5-13)14-7-9(12)6-11(14)8-15/h9-10H,3-8H2,1-2H3;2*9-11H,3-8H2,1-2H3;10-11H,3-9H2,1-2H3,(H,13,16);10-11H,3-9H2,1-2H3;8-9H,2-7H2,1H3,(H,16,17);2*9-11,15H,2-8H2,1H3/t10-;9-,11+;9-,11-;2*11-;9-;9-,11+;9-,11-/m10101101/s1. The van der Waals surface area contributed by atoms with Gasteiger partial charge in [-0.3, -0.25) is 68.0 Å². The largest absolute Gasteiger partial charge is 0.480 e. The second kappa shape index (κ2) is 53.6. The van der Waals surface area contributed by atoms with Gasteiger partial charge in [-0.25, -0.2) is 35.1 Å². The maximum atomic E-state index is 13.5. The third kappa shape index (κ3) is 32.8. The summed E-state index contributed by atoms with van der Waals surface area (Å²) in [4.78, 5) is 104. The van der Waals surface area contributed by atoms with Crippen LogP contribution in [0.1, 0.15) is 167 Å². The van der Waals surface area contributed by atoms with E-state index in [4.69, 9.17) is 19.3 Å². The Hall–Kier alpha value is -4.46. The van der Waals surface area contributed by atoms with Crippen LogP contribution in [0.2, 0.25) is 0 Å². The number of amides is 1. The van der Waals surface area contributed by atoms with E-state index in [1.165, 1.54) is 78.5 Å². The predicted molar refractivity (Wildman–Crippen MR) is 488 cm³/mol. The number of nitrogens with zero attached hydrogens (tertiary/aromatic N) is 16. The lowest BCUT2D eigenvalue weighted by atomic mass is 10.0. The number of carboxylic acid groups (broad SMARTS) is 1. The minimum atomic E-state index is -2.85. The number of piperidine rings is 8. The van der Waals surface area contributed by atoms with Crippen LogP contribution in [0.25, 0.3) is 0 Å². The van der Waals surface area contributed by atoms with Gasteiger partial charge >= 0.3 is 29.8 Å². The van der Waals surface area contributed by atoms with Crippen molar-refractivity contribution in [2.24, 2.45) is 0 Å². The zero-order valence-electron chi connectivity index (χ0n) is 81.4. The average Bonchev–Trinajstić information content (AvgIpc) is 1.57. The lowest BCUT2D eigenvalue weighted by Gasteiger charge is -2.37. The summed E-state index contributed by atoms with van der Waals surface area (Å²) < 4.78 is 126. The number of methoxy groups -OCH3 is 4. The second-order valence-corrected chi connectivity index (χ2v) is 40.4. The van der Waals surface area contributed by atoms with Gasteiger partial charge in [-0.05, 0) is 315 Å². The Morgan fingerprint density at radius 1 is 0.305 bits per heavy atom. The Balaban J connectivity index is 0.000000169. The molecule has 16 rings (SSSR count). The monoisotopic (exact) mass is 1880 g/mol. The smallest absolute Gasteiger partial charge is 0.323 e. The predicted octanol–water partition coefficient (Wildman–Crippen LogP) is 5.15. The number of alkyl halides is 8. The molecule has 16 saturated heterocycles. The highest BCUT2D eigenvalue weighted by atomic mass is 19.3. The normalized spacial score (nSPS) is 32.4. The number of hydrogen-bond donors (Lipinski definition) is 4. The highest BCUT2D eigenvalue weighted by Crippen LogP contribution is 2.40. The Kier molecular flexibility index (Phi) is 45.1. The van der Waals surface area contributed by atoms with Crippen molar-refractivity contribution < 1.29 is 98.2 Å². The van der Waals surface area contributed by atoms with E-state index < -0.39 is 79.9 Å². The van der Waals surface area contributed by atoms with Crippen molar-refractivity contribution in [3.8, 4) is 0 Å². The van der Waals surface area contributed by atoms with Gasteiger partial charge in [-0.2, -0.15) is 0 Å². The number of carboxylic acids is 1. The number of carbonyl (C=O) groups is 6. The Bertz CT molecular complexity index is 3220. The number of halogens is 8. The van der Waals surface area contributed by atoms with E-state index in [9.17, 15) is 74.1 Å². The third-order valence-corrected chi connectivity index (χ3v) is 31.0. The number of aliphatic carboxylic acids is 1. The molecule has 16 aliphatic rings. The van der Waals surface area contributed by atoms with E-state index in [0.29, 0.717) is 88.1 Å². The molecule has 1 amide bonds. The van der Waals surface area contributed by atoms with Crippen LogP contribution >= 0.6 is 0 Å². The number of likely N-dealkylation sites (tertiary alicyclic amines) is 16. The molecular formula is C93H167F8N17O13. The van der Waals surface area contributed by atoms with Gasteiger partial charge in [0.1, 0.15) is 54.9 Å². The molecule has 16 fully saturated rings. The Morgan fingerprint density at radius 3 is 0.817 bits per heavy atom. The lowest BCUT2D eigenvalue weighted by Crippen LogP contribution is -2.50. The van der Waals surface area contributed by atoms with Gasteiger partial charge in [-0.15, -0.1) is 0 Å². The molecule has 4 N–H and O–H groups in total. The molecule has 16 heterocycles. The van der Waals surface area contributed by atoms with Crippen molar-refractivity contribution in [1.82, 2.24) is 83.7 Å². The third-order valence-electron chi connectivity index (χ3n) is 31.0. The van der Waals surface area contributed by atoms with Crippen molar-refractivity contribution in [3.05, 3.63) is 0 Å². The van der Waals surface area contributed by atoms with Crippen molar-refractivity contribution >= 4 is 35.8 Å². The molecule has 0 spiro atoms. The SMILES string of the molecule is CN1CCC(N2CC(F)(F)C[C@@H]2C(=O)O)CC1.CN1CCC(N2C[C@@H](F)C[C@@H]2CO)CC1.CN1CCC(N2C[C@H](F)C[C@@H]2CO)CC1.CNC(=O)[C@@H]1CCCN1C1CCN(C)CC1.COC(=O)[C@H]1CC(F)(F)CN1C1CCN(C)CC1.COC(=O)[C@H]1CCCN1C1CCN(C)CC1.COC(=O)[C@H]1C[C@@H](F)CN1C1CCN(C)CC1.COC(=O)[C@H]1C[C@H](F)CN1C1CCN(C)CC1. The summed E-state index contributed by atoms with van der Waals surface area (Å²) in [5.74, 6) is -7.71. The summed E-state index contributed by atoms with van der Waals surface area (Å²) in [6.07, 6.45) is 18.2. The number of esters is 4. The molecule has 0 unspecified atom stereocenters. The first kappa shape index (κ1) is 110. The Labute approximate surface area is 776 Å². The minimum absolute atomic E-state index is 0.0133. The van der Waals surface area contributed by atoms with Gasteiger partial charge < -0.3 is 78.8 Å². The molecule has 0 saturated carbocycles. The maximum absolute atomic E-state index is 13.5. The number of aliphatic hydroxyl groups excluding tert-OH is 2. The highest BCUT2D eigenvalue weighted by molar-refractivity contribution is 5.82. The quantitative estimate of drug-likeness (QED) is 0.0884. The molecule has 0 aromatic carbocycles. The van der Waals surface area contributed by atoms with Crippen LogP contribution in [0, 0.1) is 0 Å². The summed E-state index contributed by atoms with van der Waals surface area (Å²) in [6.45, 7) is 20.0. The summed E-state index contributed by atoms with van der Waals surface area (Å²) in [5.41, 5.74) is 0. The van der Waals surface area contributed by atoms with Crippen molar-refractivity contribution in [3.63, 3.8) is 0 Å². The van der Waals surface area contributed by atoms with Crippen LogP contribution in [-0.4, -0.2) is 525 Å². The molecule has 0 bridgehead atoms. The number of nitrogens with one attached hydrogen (secondary N) is 1. The number of likely N-dealkylation sites (N-methyl/N-ethyl adjacent to an activating group) is 1. The topological polar surface area (TPSA) is 264 Å². The first-order chi connectivity index (χ1) is 62.4. The van der Waals surface area contributed by atoms with E-state index in [2.05, 4.69) is 111 Å². The van der Waals surface area contributed by atoms with E-state index in [1.807, 2.05) is 23.9 Å². The van der Waals surface area contributed by atoms with Gasteiger partial charge in [0.25, 0.3) is 11.8 Å². The number of ether oxygens (including phenoxy) is 4. The van der Waals surface area contributed by atoms with Crippen LogP contribution in [0.15, 0.2) is 0 Å². The van der Waals surface area contributed by atoms with Crippen LogP contribution in [0.5, 0.6) is 0 Å². The van der Waals surface area contributed by atoms with Crippen LogP contribution in [0.3, 0.4) is 0 Å². The zero-order valence-corrected chi connectivity index (χ0v) is 81.4. The van der Waals surface area contributed by atoms with Crippen molar-refractivity contribution in [2.75, 3.05) is 262 Å². The first-order valence-electron chi connectivity index (χ1n) is 49.2.